The van der Waals surface area contributed by atoms with Crippen LogP contribution in [0.1, 0.15) is 54.4 Å². The van der Waals surface area contributed by atoms with Crippen molar-refractivity contribution in [2.75, 3.05) is 7.05 Å². The van der Waals surface area contributed by atoms with Gasteiger partial charge in [-0.1, -0.05) is 41.0 Å². The predicted octanol–water partition coefficient (Wildman–Crippen LogP) is 2.95. The summed E-state index contributed by atoms with van der Waals surface area (Å²) in [6.07, 6.45) is 2.42. The van der Waals surface area contributed by atoms with Crippen molar-refractivity contribution in [3.05, 3.63) is 0 Å². The minimum absolute atomic E-state index is 0.588. The number of hydrogen-bond donors (Lipinski definition) is 2. The summed E-state index contributed by atoms with van der Waals surface area (Å²) in [4.78, 5) is 0. The van der Waals surface area contributed by atoms with Gasteiger partial charge in [0.1, 0.15) is 0 Å². The Kier molecular flexibility index (Phi) is 33.4. The highest BCUT2D eigenvalue weighted by Crippen LogP contribution is 1.82. The molecule has 0 aromatic rings. The molecule has 0 spiro atoms. The predicted molar refractivity (Wildman–Crippen MR) is 59.3 cm³/mol. The van der Waals surface area contributed by atoms with Crippen LogP contribution in [-0.4, -0.2) is 13.1 Å². The number of hydrazine groups is 1. The summed E-state index contributed by atoms with van der Waals surface area (Å²) in [7, 11) is 1.88. The van der Waals surface area contributed by atoms with Crippen molar-refractivity contribution >= 4 is 0 Å². The average Bonchev–Trinajstić information content (AvgIpc) is 2.10. The molecular formula is C10H28N2. The van der Waals surface area contributed by atoms with Crippen molar-refractivity contribution in [3.8, 4) is 0 Å². The summed E-state index contributed by atoms with van der Waals surface area (Å²) in [6, 6.07) is 0.588. The summed E-state index contributed by atoms with van der Waals surface area (Å²) in [5, 5.41) is 0. The van der Waals surface area contributed by atoms with E-state index in [4.69, 9.17) is 0 Å². The molecule has 0 aliphatic heterocycles. The molecule has 0 aliphatic carbocycles. The summed E-state index contributed by atoms with van der Waals surface area (Å²) >= 11 is 0. The van der Waals surface area contributed by atoms with Crippen LogP contribution in [0.5, 0.6) is 0 Å². The lowest BCUT2D eigenvalue weighted by Crippen LogP contribution is -2.35. The fourth-order valence-electron chi connectivity index (χ4n) is 0.348. The third kappa shape index (κ3) is 32.6. The van der Waals surface area contributed by atoms with E-state index in [9.17, 15) is 0 Å². The van der Waals surface area contributed by atoms with Gasteiger partial charge < -0.3 is 0 Å². The Morgan fingerprint density at radius 1 is 1.08 bits per heavy atom. The fourth-order valence-corrected chi connectivity index (χ4v) is 0.348. The van der Waals surface area contributed by atoms with Crippen LogP contribution in [0.25, 0.3) is 0 Å². The zero-order valence-electron chi connectivity index (χ0n) is 9.99. The monoisotopic (exact) mass is 176 g/mol. The van der Waals surface area contributed by atoms with Crippen LogP contribution in [0.15, 0.2) is 0 Å². The minimum atomic E-state index is 0.588. The van der Waals surface area contributed by atoms with Crippen molar-refractivity contribution in [1.82, 2.24) is 10.9 Å². The molecule has 0 saturated carbocycles. The molecule has 0 aromatic heterocycles. The van der Waals surface area contributed by atoms with Crippen LogP contribution in [0.3, 0.4) is 0 Å². The summed E-state index contributed by atoms with van der Waals surface area (Å²) < 4.78 is 0. The second-order valence-corrected chi connectivity index (χ2v) is 2.41. The van der Waals surface area contributed by atoms with Gasteiger partial charge in [-0.3, -0.25) is 10.9 Å². The van der Waals surface area contributed by atoms with Crippen molar-refractivity contribution < 1.29 is 0 Å². The molecule has 2 nitrogen and oxygen atoms in total. The molecule has 2 N–H and O–H groups in total. The van der Waals surface area contributed by atoms with E-state index < -0.39 is 0 Å². The van der Waals surface area contributed by atoms with Crippen LogP contribution in [0.4, 0.5) is 0 Å². The molecule has 0 aliphatic rings. The summed E-state index contributed by atoms with van der Waals surface area (Å²) in [6.45, 7) is 12.5. The Labute approximate surface area is 79.1 Å². The lowest BCUT2D eigenvalue weighted by Gasteiger charge is -2.07. The maximum absolute atomic E-state index is 3.05. The van der Waals surface area contributed by atoms with Crippen LogP contribution < -0.4 is 10.9 Å². The minimum Gasteiger partial charge on any atom is -0.261 e. The average molecular weight is 176 g/mol. The maximum atomic E-state index is 3.05. The summed E-state index contributed by atoms with van der Waals surface area (Å²) in [5.41, 5.74) is 5.91. The summed E-state index contributed by atoms with van der Waals surface area (Å²) in [5.74, 6) is 0. The highest BCUT2D eigenvalue weighted by molar-refractivity contribution is 4.49. The Morgan fingerprint density at radius 2 is 1.42 bits per heavy atom. The molecule has 0 heterocycles. The first-order valence-corrected chi connectivity index (χ1v) is 5.15. The molecule has 0 amide bonds. The fraction of sp³-hybridized carbons (Fsp3) is 1.00. The van der Waals surface area contributed by atoms with Crippen LogP contribution >= 0.6 is 0 Å². The van der Waals surface area contributed by atoms with Gasteiger partial charge in [0.25, 0.3) is 0 Å². The molecule has 1 atom stereocenters. The largest absolute Gasteiger partial charge is 0.261 e. The van der Waals surface area contributed by atoms with E-state index in [-0.39, 0.29) is 0 Å². The second kappa shape index (κ2) is 22.4. The lowest BCUT2D eigenvalue weighted by atomic mass is 10.3. The smallest absolute Gasteiger partial charge is 0.0181 e. The zero-order valence-corrected chi connectivity index (χ0v) is 9.99. The molecule has 0 bridgehead atoms. The van der Waals surface area contributed by atoms with Gasteiger partial charge in [0.05, 0.1) is 0 Å². The lowest BCUT2D eigenvalue weighted by molar-refractivity contribution is 0.477. The van der Waals surface area contributed by atoms with Crippen molar-refractivity contribution in [2.24, 2.45) is 0 Å². The Hall–Kier alpha value is -0.0800. The Morgan fingerprint density at radius 3 is 1.50 bits per heavy atom. The Bertz CT molecular complexity index is 47.1. The van der Waals surface area contributed by atoms with Gasteiger partial charge in [-0.25, -0.2) is 0 Å². The standard InChI is InChI=1S/C5H14N2.C3H8.C2H6/c1-4-5(2)7-6-3;1-3-2;1-2/h5-7H,4H2,1-3H3;3H2,1-2H3;1-2H3. The molecule has 78 valence electrons. The number of rotatable bonds is 3. The Balaban J connectivity index is -0.000000137. The maximum Gasteiger partial charge on any atom is 0.0181 e. The van der Waals surface area contributed by atoms with Crippen molar-refractivity contribution in [1.29, 1.82) is 0 Å². The third-order valence-corrected chi connectivity index (χ3v) is 1.00. The van der Waals surface area contributed by atoms with E-state index in [0.717, 1.165) is 0 Å². The molecule has 0 saturated heterocycles. The van der Waals surface area contributed by atoms with Gasteiger partial charge in [-0.15, -0.1) is 0 Å². The van der Waals surface area contributed by atoms with E-state index >= 15 is 0 Å². The van der Waals surface area contributed by atoms with E-state index in [0.29, 0.717) is 6.04 Å². The molecule has 1 unspecified atom stereocenters. The zero-order chi connectivity index (χ0) is 10.4. The first-order chi connectivity index (χ1) is 5.72. The highest BCUT2D eigenvalue weighted by Gasteiger charge is 1.89. The van der Waals surface area contributed by atoms with Gasteiger partial charge in [0, 0.05) is 6.04 Å². The first kappa shape index (κ1) is 17.9. The van der Waals surface area contributed by atoms with Gasteiger partial charge in [0.15, 0.2) is 0 Å². The van der Waals surface area contributed by atoms with E-state index in [2.05, 4.69) is 38.5 Å². The number of hydrogen-bond acceptors (Lipinski definition) is 2. The van der Waals surface area contributed by atoms with E-state index in [1.807, 2.05) is 20.9 Å². The molecule has 2 heteroatoms. The van der Waals surface area contributed by atoms with E-state index in [1.54, 1.807) is 0 Å². The topological polar surface area (TPSA) is 24.1 Å². The molecule has 0 rings (SSSR count). The third-order valence-electron chi connectivity index (χ3n) is 1.00. The molecule has 0 fully saturated rings. The number of nitrogens with one attached hydrogen (secondary N) is 2. The van der Waals surface area contributed by atoms with Crippen molar-refractivity contribution in [2.45, 2.75) is 60.4 Å². The molecule has 0 radical (unpaired) electrons. The first-order valence-electron chi connectivity index (χ1n) is 5.15. The molecule has 12 heavy (non-hydrogen) atoms. The van der Waals surface area contributed by atoms with Crippen LogP contribution in [0.2, 0.25) is 0 Å². The van der Waals surface area contributed by atoms with Crippen molar-refractivity contribution in [3.63, 3.8) is 0 Å². The second-order valence-electron chi connectivity index (χ2n) is 2.41. The SMILES string of the molecule is CC.CCC.CCC(C)NNC. The molecular weight excluding hydrogens is 148 g/mol. The van der Waals surface area contributed by atoms with Gasteiger partial charge >= 0.3 is 0 Å². The normalized spacial score (nSPS) is 10.2. The molecule has 0 aromatic carbocycles. The van der Waals surface area contributed by atoms with Gasteiger partial charge in [-0.05, 0) is 20.4 Å². The van der Waals surface area contributed by atoms with Gasteiger partial charge in [-0.2, -0.15) is 0 Å². The van der Waals surface area contributed by atoms with Crippen LogP contribution in [-0.2, 0) is 0 Å². The highest BCUT2D eigenvalue weighted by atomic mass is 15.3. The quantitative estimate of drug-likeness (QED) is 0.646. The van der Waals surface area contributed by atoms with E-state index in [1.165, 1.54) is 12.8 Å². The van der Waals surface area contributed by atoms with Gasteiger partial charge in [0.2, 0.25) is 0 Å². The van der Waals surface area contributed by atoms with Crippen LogP contribution in [0, 0.1) is 0 Å².